The third-order valence-electron chi connectivity index (χ3n) is 1.01. The van der Waals surface area contributed by atoms with Crippen molar-refractivity contribution in [1.82, 2.24) is 0 Å². The highest BCUT2D eigenvalue weighted by Gasteiger charge is 2.26. The van der Waals surface area contributed by atoms with Crippen LogP contribution in [0.1, 0.15) is 6.42 Å². The van der Waals surface area contributed by atoms with Gasteiger partial charge in [0, 0.05) is 52.4 Å². The molecular formula is C5H11F3I2Si. The van der Waals surface area contributed by atoms with Crippen LogP contribution in [0.4, 0.5) is 13.2 Å². The summed E-state index contributed by atoms with van der Waals surface area (Å²) >= 11 is 4.24. The third-order valence-corrected chi connectivity index (χ3v) is 2.45. The maximum absolute atomic E-state index is 11.4. The highest BCUT2D eigenvalue weighted by Crippen LogP contribution is 2.22. The standard InChI is InChI=1S/C5H11F3Si.I2/c1-9(2)4-3-5(6,7)8;1-2/h9H,3-4H2,1-2H3;. The van der Waals surface area contributed by atoms with E-state index in [9.17, 15) is 13.2 Å². The molecule has 11 heavy (non-hydrogen) atoms. The molecule has 70 valence electrons. The largest absolute Gasteiger partial charge is 0.388 e. The van der Waals surface area contributed by atoms with E-state index in [2.05, 4.69) is 37.2 Å². The summed E-state index contributed by atoms with van der Waals surface area (Å²) in [7, 11) is -0.990. The number of hydrogen-bond donors (Lipinski definition) is 0. The Labute approximate surface area is 90.2 Å². The van der Waals surface area contributed by atoms with Crippen molar-refractivity contribution < 1.29 is 13.2 Å². The average molecular weight is 410 g/mol. The molecule has 0 spiro atoms. The molecule has 0 aromatic heterocycles. The van der Waals surface area contributed by atoms with Gasteiger partial charge < -0.3 is 0 Å². The second-order valence-electron chi connectivity index (χ2n) is 2.55. The van der Waals surface area contributed by atoms with Crippen LogP contribution in [-0.4, -0.2) is 15.0 Å². The first-order chi connectivity index (χ1) is 4.92. The first-order valence-corrected chi connectivity index (χ1v) is 12.5. The Balaban J connectivity index is 0. The van der Waals surface area contributed by atoms with Crippen LogP contribution in [0.15, 0.2) is 0 Å². The molecule has 0 saturated carbocycles. The first-order valence-electron chi connectivity index (χ1n) is 3.13. The van der Waals surface area contributed by atoms with Crippen molar-refractivity contribution in [2.45, 2.75) is 31.7 Å². The molecule has 0 aliphatic heterocycles. The lowest BCUT2D eigenvalue weighted by Crippen LogP contribution is -2.11. The van der Waals surface area contributed by atoms with Gasteiger partial charge in [-0.2, -0.15) is 13.2 Å². The highest BCUT2D eigenvalue weighted by molar-refractivity contribution is 15.0. The van der Waals surface area contributed by atoms with Gasteiger partial charge in [-0.25, -0.2) is 0 Å². The summed E-state index contributed by atoms with van der Waals surface area (Å²) in [5.74, 6) is 0. The van der Waals surface area contributed by atoms with E-state index in [0.29, 0.717) is 6.04 Å². The monoisotopic (exact) mass is 410 g/mol. The summed E-state index contributed by atoms with van der Waals surface area (Å²) in [4.78, 5) is 0. The number of alkyl halides is 3. The van der Waals surface area contributed by atoms with Crippen molar-refractivity contribution in [1.29, 1.82) is 0 Å². The maximum atomic E-state index is 11.4. The van der Waals surface area contributed by atoms with Crippen molar-refractivity contribution in [2.24, 2.45) is 0 Å². The Morgan fingerprint density at radius 3 is 1.64 bits per heavy atom. The van der Waals surface area contributed by atoms with Gasteiger partial charge in [-0.05, 0) is 0 Å². The second-order valence-corrected chi connectivity index (χ2v) is 5.91. The van der Waals surface area contributed by atoms with Gasteiger partial charge in [0.15, 0.2) is 0 Å². The van der Waals surface area contributed by atoms with Crippen LogP contribution in [0, 0.1) is 0 Å². The molecule has 0 aromatic carbocycles. The molecule has 0 atom stereocenters. The second kappa shape index (κ2) is 8.08. The van der Waals surface area contributed by atoms with Crippen LogP contribution >= 0.6 is 37.2 Å². The van der Waals surface area contributed by atoms with E-state index in [4.69, 9.17) is 0 Å². The van der Waals surface area contributed by atoms with Gasteiger partial charge in [-0.3, -0.25) is 0 Å². The number of hydrogen-bond acceptors (Lipinski definition) is 0. The predicted molar refractivity (Wildman–Crippen MR) is 62.4 cm³/mol. The Hall–Kier alpha value is 1.47. The van der Waals surface area contributed by atoms with E-state index >= 15 is 0 Å². The summed E-state index contributed by atoms with van der Waals surface area (Å²) in [5, 5.41) is 0. The molecule has 0 nitrogen and oxygen atoms in total. The van der Waals surface area contributed by atoms with Gasteiger partial charge in [0.25, 0.3) is 0 Å². The summed E-state index contributed by atoms with van der Waals surface area (Å²) in [6.07, 6.45) is -4.52. The van der Waals surface area contributed by atoms with Crippen LogP contribution in [0.25, 0.3) is 0 Å². The van der Waals surface area contributed by atoms with Crippen molar-refractivity contribution in [3.63, 3.8) is 0 Å². The van der Waals surface area contributed by atoms with Crippen LogP contribution < -0.4 is 0 Å². The molecule has 0 fully saturated rings. The van der Waals surface area contributed by atoms with Crippen LogP contribution in [0.3, 0.4) is 0 Å². The van der Waals surface area contributed by atoms with E-state index in [0.717, 1.165) is 0 Å². The molecule has 0 heterocycles. The molecule has 0 radical (unpaired) electrons. The van der Waals surface area contributed by atoms with Gasteiger partial charge >= 0.3 is 6.18 Å². The van der Waals surface area contributed by atoms with Crippen LogP contribution in [0.2, 0.25) is 19.1 Å². The van der Waals surface area contributed by atoms with Gasteiger partial charge in [-0.1, -0.05) is 19.1 Å². The number of halogens is 5. The van der Waals surface area contributed by atoms with Gasteiger partial charge in [0.05, 0.1) is 0 Å². The zero-order chi connectivity index (χ0) is 9.49. The van der Waals surface area contributed by atoms with Crippen molar-refractivity contribution in [2.75, 3.05) is 0 Å². The minimum Gasteiger partial charge on any atom is -0.171 e. The smallest absolute Gasteiger partial charge is 0.171 e. The quantitative estimate of drug-likeness (QED) is 0.473. The lowest BCUT2D eigenvalue weighted by Gasteiger charge is -2.06. The minimum atomic E-state index is -3.93. The molecular weight excluding hydrogens is 399 g/mol. The third kappa shape index (κ3) is 18.4. The minimum absolute atomic E-state index is 0.378. The van der Waals surface area contributed by atoms with E-state index in [1.54, 1.807) is 0 Å². The molecule has 0 aliphatic rings. The molecule has 0 aromatic rings. The topological polar surface area (TPSA) is 0 Å². The summed E-state index contributed by atoms with van der Waals surface area (Å²) in [6.45, 7) is 3.84. The molecule has 6 heteroatoms. The Bertz CT molecular complexity index is 84.3. The average Bonchev–Trinajstić information content (AvgIpc) is 1.87. The van der Waals surface area contributed by atoms with Crippen molar-refractivity contribution in [3.8, 4) is 0 Å². The van der Waals surface area contributed by atoms with Crippen LogP contribution in [-0.2, 0) is 0 Å². The number of rotatable bonds is 2. The van der Waals surface area contributed by atoms with E-state index in [1.165, 1.54) is 0 Å². The molecule has 0 N–H and O–H groups in total. The molecule has 0 saturated heterocycles. The van der Waals surface area contributed by atoms with Crippen molar-refractivity contribution in [3.05, 3.63) is 0 Å². The fourth-order valence-electron chi connectivity index (χ4n) is 0.452. The van der Waals surface area contributed by atoms with Gasteiger partial charge in [0.2, 0.25) is 0 Å². The molecule has 0 rings (SSSR count). The van der Waals surface area contributed by atoms with E-state index in [-0.39, 0.29) is 0 Å². The SMILES string of the molecule is C[SiH](C)CCC(F)(F)F.II. The lowest BCUT2D eigenvalue weighted by atomic mass is 10.5. The summed E-state index contributed by atoms with van der Waals surface area (Å²) in [6, 6.07) is 0.378. The Kier molecular flexibility index (Phi) is 11.0. The first kappa shape index (κ1) is 15.0. The zero-order valence-electron chi connectivity index (χ0n) is 6.38. The lowest BCUT2D eigenvalue weighted by molar-refractivity contribution is -0.130. The maximum Gasteiger partial charge on any atom is 0.388 e. The molecule has 0 amide bonds. The molecule has 0 bridgehead atoms. The Morgan fingerprint density at radius 1 is 1.18 bits per heavy atom. The van der Waals surface area contributed by atoms with Gasteiger partial charge in [0.1, 0.15) is 0 Å². The van der Waals surface area contributed by atoms with Gasteiger partial charge in [-0.15, -0.1) is 0 Å². The summed E-state index contributed by atoms with van der Waals surface area (Å²) < 4.78 is 34.3. The zero-order valence-corrected chi connectivity index (χ0v) is 11.9. The van der Waals surface area contributed by atoms with E-state index < -0.39 is 21.4 Å². The predicted octanol–water partition coefficient (Wildman–Crippen LogP) is 4.20. The van der Waals surface area contributed by atoms with Crippen LogP contribution in [0.5, 0.6) is 0 Å². The van der Waals surface area contributed by atoms with E-state index in [1.807, 2.05) is 13.1 Å². The molecule has 0 unspecified atom stereocenters. The fraction of sp³-hybridized carbons (Fsp3) is 1.00. The fourth-order valence-corrected chi connectivity index (χ4v) is 1.36. The Morgan fingerprint density at radius 2 is 1.55 bits per heavy atom. The molecule has 0 aliphatic carbocycles. The van der Waals surface area contributed by atoms with Crippen molar-refractivity contribution >= 4 is 46.0 Å². The highest BCUT2D eigenvalue weighted by atomic mass is 128. The normalized spacial score (nSPS) is 10.9. The summed E-state index contributed by atoms with van der Waals surface area (Å²) in [5.41, 5.74) is 0.